The van der Waals surface area contributed by atoms with Gasteiger partial charge in [0.1, 0.15) is 5.75 Å². The molecule has 146 valence electrons. The fourth-order valence-corrected chi connectivity index (χ4v) is 3.43. The van der Waals surface area contributed by atoms with Crippen LogP contribution in [0.1, 0.15) is 67.8 Å². The third-order valence-electron chi connectivity index (χ3n) is 5.25. The minimum absolute atomic E-state index is 0.0590. The summed E-state index contributed by atoms with van der Waals surface area (Å²) in [4.78, 5) is 10.9. The summed E-state index contributed by atoms with van der Waals surface area (Å²) >= 11 is 0. The maximum Gasteiger partial charge on any atom is 0.303 e. The molecule has 0 bridgehead atoms. The molecule has 28 heavy (non-hydrogen) atoms. The summed E-state index contributed by atoms with van der Waals surface area (Å²) in [5.74, 6) is 6.64. The standard InChI is InChI=1S/C23H26N2O3/c1-16-14-21-19(23(2,3)11-13-28-21)15-18(16)10-9-17(6-4-8-22(26)27)20-7-5-12-24-25-20/h5,7,12,14-15,17H,4,6,8,11,13H2,1-3H3,(H,26,27). The van der Waals surface area contributed by atoms with E-state index < -0.39 is 5.97 Å². The summed E-state index contributed by atoms with van der Waals surface area (Å²) in [5, 5.41) is 17.1. The van der Waals surface area contributed by atoms with Gasteiger partial charge in [0, 0.05) is 23.7 Å². The summed E-state index contributed by atoms with van der Waals surface area (Å²) in [6, 6.07) is 7.94. The zero-order chi connectivity index (χ0) is 20.1. The number of carboxylic acid groups (broad SMARTS) is 1. The molecule has 0 saturated heterocycles. The van der Waals surface area contributed by atoms with Crippen molar-refractivity contribution in [2.24, 2.45) is 0 Å². The van der Waals surface area contributed by atoms with Crippen LogP contribution in [0.4, 0.5) is 0 Å². The maximum atomic E-state index is 10.9. The molecule has 1 unspecified atom stereocenters. The number of ether oxygens (including phenoxy) is 1. The molecule has 1 aromatic heterocycles. The highest BCUT2D eigenvalue weighted by atomic mass is 16.5. The second-order valence-electron chi connectivity index (χ2n) is 7.90. The molecule has 1 N–H and O–H groups in total. The highest BCUT2D eigenvalue weighted by molar-refractivity contribution is 5.66. The van der Waals surface area contributed by atoms with Crippen LogP contribution in [0.5, 0.6) is 5.75 Å². The van der Waals surface area contributed by atoms with Gasteiger partial charge in [-0.3, -0.25) is 4.79 Å². The Morgan fingerprint density at radius 2 is 2.21 bits per heavy atom. The van der Waals surface area contributed by atoms with Crippen molar-refractivity contribution in [3.05, 3.63) is 52.8 Å². The van der Waals surface area contributed by atoms with Crippen molar-refractivity contribution in [3.8, 4) is 17.6 Å². The predicted octanol–water partition coefficient (Wildman–Crippen LogP) is 4.24. The van der Waals surface area contributed by atoms with E-state index in [4.69, 9.17) is 9.84 Å². The van der Waals surface area contributed by atoms with E-state index >= 15 is 0 Å². The molecule has 0 radical (unpaired) electrons. The highest BCUT2D eigenvalue weighted by Gasteiger charge is 2.29. The SMILES string of the molecule is Cc1cc2c(cc1C#CC(CCCC(=O)O)c1cccnn1)C(C)(C)CCO2. The Morgan fingerprint density at radius 3 is 2.93 bits per heavy atom. The number of aliphatic carboxylic acids is 1. The zero-order valence-corrected chi connectivity index (χ0v) is 16.7. The quantitative estimate of drug-likeness (QED) is 0.788. The molecule has 5 heteroatoms. The fourth-order valence-electron chi connectivity index (χ4n) is 3.43. The number of fused-ring (bicyclic) bond motifs is 1. The molecule has 1 aliphatic rings. The first kappa shape index (κ1) is 19.9. The summed E-state index contributed by atoms with van der Waals surface area (Å²) in [6.45, 7) is 7.24. The van der Waals surface area contributed by atoms with Crippen molar-refractivity contribution >= 4 is 5.97 Å². The molecule has 2 aromatic rings. The van der Waals surface area contributed by atoms with Gasteiger partial charge in [0.15, 0.2) is 0 Å². The van der Waals surface area contributed by atoms with Crippen molar-refractivity contribution in [1.82, 2.24) is 10.2 Å². The molecule has 0 saturated carbocycles. The van der Waals surface area contributed by atoms with Gasteiger partial charge in [-0.1, -0.05) is 25.7 Å². The number of carbonyl (C=O) groups is 1. The zero-order valence-electron chi connectivity index (χ0n) is 16.7. The Labute approximate surface area is 166 Å². The number of hydrogen-bond donors (Lipinski definition) is 1. The number of aryl methyl sites for hydroxylation is 1. The van der Waals surface area contributed by atoms with Crippen molar-refractivity contribution in [3.63, 3.8) is 0 Å². The Balaban J connectivity index is 1.91. The van der Waals surface area contributed by atoms with E-state index in [2.05, 4.69) is 48.0 Å². The van der Waals surface area contributed by atoms with Crippen molar-refractivity contribution in [2.45, 2.75) is 57.8 Å². The second-order valence-corrected chi connectivity index (χ2v) is 7.90. The summed E-state index contributed by atoms with van der Waals surface area (Å²) < 4.78 is 5.84. The van der Waals surface area contributed by atoms with E-state index in [9.17, 15) is 4.79 Å². The molecule has 2 heterocycles. The molecular formula is C23H26N2O3. The topological polar surface area (TPSA) is 72.3 Å². The van der Waals surface area contributed by atoms with E-state index in [0.29, 0.717) is 12.8 Å². The number of nitrogens with zero attached hydrogens (tertiary/aromatic N) is 2. The second kappa shape index (κ2) is 8.43. The number of hydrogen-bond acceptors (Lipinski definition) is 4. The molecule has 1 aromatic carbocycles. The highest BCUT2D eigenvalue weighted by Crippen LogP contribution is 2.39. The molecule has 0 amide bonds. The van der Waals surface area contributed by atoms with Crippen molar-refractivity contribution in [1.29, 1.82) is 0 Å². The summed E-state index contributed by atoms with van der Waals surface area (Å²) in [6.07, 6.45) is 3.92. The smallest absolute Gasteiger partial charge is 0.303 e. The van der Waals surface area contributed by atoms with Crippen LogP contribution in [0.2, 0.25) is 0 Å². The number of benzene rings is 1. The van der Waals surface area contributed by atoms with Gasteiger partial charge in [-0.2, -0.15) is 10.2 Å². The third-order valence-corrected chi connectivity index (χ3v) is 5.25. The van der Waals surface area contributed by atoms with Gasteiger partial charge in [0.25, 0.3) is 0 Å². The minimum atomic E-state index is -0.793. The van der Waals surface area contributed by atoms with Gasteiger partial charge in [-0.15, -0.1) is 0 Å². The van der Waals surface area contributed by atoms with Gasteiger partial charge < -0.3 is 9.84 Å². The summed E-state index contributed by atoms with van der Waals surface area (Å²) in [7, 11) is 0. The average molecular weight is 378 g/mol. The number of aromatic nitrogens is 2. The van der Waals surface area contributed by atoms with Crippen molar-refractivity contribution < 1.29 is 14.6 Å². The van der Waals surface area contributed by atoms with Crippen LogP contribution in [-0.2, 0) is 10.2 Å². The van der Waals surface area contributed by atoms with E-state index in [-0.39, 0.29) is 17.8 Å². The van der Waals surface area contributed by atoms with Crippen LogP contribution in [0.15, 0.2) is 30.5 Å². The molecule has 3 rings (SSSR count). The van der Waals surface area contributed by atoms with E-state index in [1.165, 1.54) is 5.56 Å². The third kappa shape index (κ3) is 4.69. The normalized spacial score (nSPS) is 15.5. The van der Waals surface area contributed by atoms with E-state index in [0.717, 1.165) is 35.6 Å². The first-order chi connectivity index (χ1) is 13.4. The maximum absolute atomic E-state index is 10.9. The lowest BCUT2D eigenvalue weighted by Crippen LogP contribution is -2.26. The fraction of sp³-hybridized carbons (Fsp3) is 0.435. The molecule has 0 aliphatic carbocycles. The Hall–Kier alpha value is -2.87. The lowest BCUT2D eigenvalue weighted by atomic mass is 9.78. The lowest BCUT2D eigenvalue weighted by molar-refractivity contribution is -0.137. The monoisotopic (exact) mass is 378 g/mol. The van der Waals surface area contributed by atoms with Gasteiger partial charge in [0.2, 0.25) is 0 Å². The van der Waals surface area contributed by atoms with Crippen LogP contribution in [-0.4, -0.2) is 27.9 Å². The van der Waals surface area contributed by atoms with Crippen molar-refractivity contribution in [2.75, 3.05) is 6.61 Å². The Bertz CT molecular complexity index is 911. The van der Waals surface area contributed by atoms with E-state index in [1.807, 2.05) is 19.1 Å². The molecule has 1 aliphatic heterocycles. The molecule has 0 spiro atoms. The molecular weight excluding hydrogens is 352 g/mol. The Kier molecular flexibility index (Phi) is 5.99. The Morgan fingerprint density at radius 1 is 1.39 bits per heavy atom. The van der Waals surface area contributed by atoms with Gasteiger partial charge in [0.05, 0.1) is 18.2 Å². The first-order valence-electron chi connectivity index (χ1n) is 9.66. The van der Waals surface area contributed by atoms with Crippen LogP contribution < -0.4 is 4.74 Å². The van der Waals surface area contributed by atoms with E-state index in [1.54, 1.807) is 6.20 Å². The molecule has 0 fully saturated rings. The minimum Gasteiger partial charge on any atom is -0.493 e. The van der Waals surface area contributed by atoms with Crippen LogP contribution in [0.3, 0.4) is 0 Å². The molecule has 5 nitrogen and oxygen atoms in total. The summed E-state index contributed by atoms with van der Waals surface area (Å²) in [5.41, 5.74) is 4.08. The number of carboxylic acids is 1. The number of rotatable bonds is 5. The largest absolute Gasteiger partial charge is 0.493 e. The van der Waals surface area contributed by atoms with Crippen LogP contribution in [0.25, 0.3) is 0 Å². The van der Waals surface area contributed by atoms with Crippen LogP contribution >= 0.6 is 0 Å². The van der Waals surface area contributed by atoms with Gasteiger partial charge >= 0.3 is 5.97 Å². The molecule has 1 atom stereocenters. The average Bonchev–Trinajstić information content (AvgIpc) is 2.65. The van der Waals surface area contributed by atoms with Gasteiger partial charge in [-0.25, -0.2) is 0 Å². The van der Waals surface area contributed by atoms with Crippen LogP contribution in [0, 0.1) is 18.8 Å². The first-order valence-corrected chi connectivity index (χ1v) is 9.66. The lowest BCUT2D eigenvalue weighted by Gasteiger charge is -2.33. The predicted molar refractivity (Wildman–Crippen MR) is 107 cm³/mol. The van der Waals surface area contributed by atoms with Gasteiger partial charge in [-0.05, 0) is 61.4 Å².